The zero-order valence-corrected chi connectivity index (χ0v) is 14.6. The maximum atomic E-state index is 12.7. The summed E-state index contributed by atoms with van der Waals surface area (Å²) < 4.78 is 12.6. The molecule has 0 bridgehead atoms. The van der Waals surface area contributed by atoms with Gasteiger partial charge in [0, 0.05) is 38.0 Å². The van der Waals surface area contributed by atoms with Gasteiger partial charge in [-0.25, -0.2) is 4.98 Å². The van der Waals surface area contributed by atoms with Gasteiger partial charge in [-0.3, -0.25) is 9.59 Å². The number of rotatable bonds is 4. The zero-order valence-electron chi connectivity index (χ0n) is 14.6. The lowest BCUT2D eigenvalue weighted by molar-refractivity contribution is 0.0768. The number of carbonyl (C=O) groups is 1. The van der Waals surface area contributed by atoms with Crippen molar-refractivity contribution in [3.8, 4) is 11.6 Å². The van der Waals surface area contributed by atoms with E-state index in [4.69, 9.17) is 9.47 Å². The summed E-state index contributed by atoms with van der Waals surface area (Å²) in [6, 6.07) is 6.71. The third kappa shape index (κ3) is 3.50. The summed E-state index contributed by atoms with van der Waals surface area (Å²) in [4.78, 5) is 30.3. The SMILES string of the molecule is COc1ncccc1C(=O)N1CC[C@@H](Oc2cc(C)n(C)c(=O)c2)C1. The summed E-state index contributed by atoms with van der Waals surface area (Å²) in [7, 11) is 3.21. The van der Waals surface area contributed by atoms with Gasteiger partial charge < -0.3 is 18.9 Å². The van der Waals surface area contributed by atoms with Crippen molar-refractivity contribution >= 4 is 5.91 Å². The third-order valence-corrected chi connectivity index (χ3v) is 4.41. The van der Waals surface area contributed by atoms with E-state index in [-0.39, 0.29) is 17.6 Å². The molecule has 25 heavy (non-hydrogen) atoms. The van der Waals surface area contributed by atoms with E-state index in [9.17, 15) is 9.59 Å². The highest BCUT2D eigenvalue weighted by atomic mass is 16.5. The maximum Gasteiger partial charge on any atom is 0.259 e. The van der Waals surface area contributed by atoms with E-state index in [1.54, 1.807) is 34.8 Å². The summed E-state index contributed by atoms with van der Waals surface area (Å²) in [5, 5.41) is 0. The standard InChI is InChI=1S/C18H21N3O4/c1-12-9-14(10-16(22)20(12)2)25-13-6-8-21(11-13)18(23)15-5-4-7-19-17(15)24-3/h4-5,7,9-10,13H,6,8,11H2,1-3H3/t13-/m1/s1. The van der Waals surface area contributed by atoms with Crippen LogP contribution in [0.3, 0.4) is 0 Å². The van der Waals surface area contributed by atoms with E-state index in [1.165, 1.54) is 13.2 Å². The molecule has 132 valence electrons. The molecule has 7 heteroatoms. The number of hydrogen-bond donors (Lipinski definition) is 0. The van der Waals surface area contributed by atoms with E-state index in [1.807, 2.05) is 13.0 Å². The first-order valence-corrected chi connectivity index (χ1v) is 8.12. The Morgan fingerprint density at radius 2 is 2.16 bits per heavy atom. The largest absolute Gasteiger partial charge is 0.488 e. The Morgan fingerprint density at radius 1 is 1.36 bits per heavy atom. The second-order valence-electron chi connectivity index (χ2n) is 6.07. The highest BCUT2D eigenvalue weighted by Crippen LogP contribution is 2.22. The maximum absolute atomic E-state index is 12.7. The molecule has 3 rings (SSSR count). The van der Waals surface area contributed by atoms with Gasteiger partial charge in [0.25, 0.3) is 11.5 Å². The Balaban J connectivity index is 1.69. The average Bonchev–Trinajstić information content (AvgIpc) is 3.07. The van der Waals surface area contributed by atoms with Crippen LogP contribution in [0.5, 0.6) is 11.6 Å². The lowest BCUT2D eigenvalue weighted by Crippen LogP contribution is -2.31. The van der Waals surface area contributed by atoms with Gasteiger partial charge in [-0.05, 0) is 25.1 Å². The van der Waals surface area contributed by atoms with Crippen LogP contribution in [0, 0.1) is 6.92 Å². The molecule has 1 aliphatic heterocycles. The van der Waals surface area contributed by atoms with E-state index in [0.717, 1.165) is 5.69 Å². The van der Waals surface area contributed by atoms with Gasteiger partial charge in [-0.15, -0.1) is 0 Å². The van der Waals surface area contributed by atoms with Gasteiger partial charge in [0.15, 0.2) is 0 Å². The van der Waals surface area contributed by atoms with Gasteiger partial charge in [-0.2, -0.15) is 0 Å². The molecule has 0 N–H and O–H groups in total. The number of nitrogens with zero attached hydrogens (tertiary/aromatic N) is 3. The summed E-state index contributed by atoms with van der Waals surface area (Å²) in [6.45, 7) is 2.91. The second kappa shape index (κ2) is 6.96. The third-order valence-electron chi connectivity index (χ3n) is 4.41. The van der Waals surface area contributed by atoms with Crippen molar-refractivity contribution in [3.05, 3.63) is 52.1 Å². The van der Waals surface area contributed by atoms with Crippen LogP contribution in [0.25, 0.3) is 0 Å². The van der Waals surface area contributed by atoms with Crippen LogP contribution >= 0.6 is 0 Å². The molecule has 0 aromatic carbocycles. The van der Waals surface area contributed by atoms with E-state index < -0.39 is 0 Å². The van der Waals surface area contributed by atoms with Crippen molar-refractivity contribution in [2.75, 3.05) is 20.2 Å². The minimum Gasteiger partial charge on any atom is -0.488 e. The molecule has 1 saturated heterocycles. The normalized spacial score (nSPS) is 16.8. The number of pyridine rings is 2. The van der Waals surface area contributed by atoms with E-state index in [2.05, 4.69) is 4.98 Å². The number of ether oxygens (including phenoxy) is 2. The predicted octanol–water partition coefficient (Wildman–Crippen LogP) is 1.39. The van der Waals surface area contributed by atoms with E-state index in [0.29, 0.717) is 36.7 Å². The second-order valence-corrected chi connectivity index (χ2v) is 6.07. The molecule has 1 fully saturated rings. The fraction of sp³-hybridized carbons (Fsp3) is 0.389. The van der Waals surface area contributed by atoms with Crippen LogP contribution in [0.1, 0.15) is 22.5 Å². The molecule has 1 atom stereocenters. The Labute approximate surface area is 145 Å². The van der Waals surface area contributed by atoms with Gasteiger partial charge in [-0.1, -0.05) is 0 Å². The molecule has 1 amide bonds. The number of likely N-dealkylation sites (tertiary alicyclic amines) is 1. The topological polar surface area (TPSA) is 73.7 Å². The average molecular weight is 343 g/mol. The van der Waals surface area contributed by atoms with Crippen LogP contribution in [-0.4, -0.2) is 46.7 Å². The number of carbonyl (C=O) groups excluding carboxylic acids is 1. The van der Waals surface area contributed by atoms with Gasteiger partial charge in [0.05, 0.1) is 13.7 Å². The lowest BCUT2D eigenvalue weighted by atomic mass is 10.2. The first-order valence-electron chi connectivity index (χ1n) is 8.12. The number of hydrogen-bond acceptors (Lipinski definition) is 5. The number of aromatic nitrogens is 2. The first kappa shape index (κ1) is 17.0. The fourth-order valence-electron chi connectivity index (χ4n) is 2.89. The number of aryl methyl sites for hydroxylation is 1. The molecule has 0 aliphatic carbocycles. The number of amides is 1. The minimum absolute atomic E-state index is 0.110. The van der Waals surface area contributed by atoms with Crippen molar-refractivity contribution in [1.29, 1.82) is 0 Å². The summed E-state index contributed by atoms with van der Waals surface area (Å²) in [6.07, 6.45) is 2.16. The van der Waals surface area contributed by atoms with Gasteiger partial charge in [0.1, 0.15) is 17.4 Å². The quantitative estimate of drug-likeness (QED) is 0.839. The van der Waals surface area contributed by atoms with Crippen LogP contribution in [0.15, 0.2) is 35.3 Å². The summed E-state index contributed by atoms with van der Waals surface area (Å²) in [5.74, 6) is 0.731. The summed E-state index contributed by atoms with van der Waals surface area (Å²) in [5.41, 5.74) is 1.16. The van der Waals surface area contributed by atoms with Crippen LogP contribution in [-0.2, 0) is 7.05 Å². The minimum atomic E-state index is -0.141. The Morgan fingerprint density at radius 3 is 2.88 bits per heavy atom. The predicted molar refractivity (Wildman–Crippen MR) is 92.1 cm³/mol. The Hall–Kier alpha value is -2.83. The molecule has 0 radical (unpaired) electrons. The van der Waals surface area contributed by atoms with Crippen LogP contribution in [0.2, 0.25) is 0 Å². The molecule has 0 unspecified atom stereocenters. The smallest absolute Gasteiger partial charge is 0.259 e. The highest BCUT2D eigenvalue weighted by Gasteiger charge is 2.30. The zero-order chi connectivity index (χ0) is 18.0. The van der Waals surface area contributed by atoms with Crippen molar-refractivity contribution < 1.29 is 14.3 Å². The molecule has 2 aromatic heterocycles. The summed E-state index contributed by atoms with van der Waals surface area (Å²) >= 11 is 0. The first-order chi connectivity index (χ1) is 12.0. The Kier molecular flexibility index (Phi) is 4.74. The fourth-order valence-corrected chi connectivity index (χ4v) is 2.89. The highest BCUT2D eigenvalue weighted by molar-refractivity contribution is 5.96. The molecule has 0 spiro atoms. The molecule has 1 aliphatic rings. The molecule has 0 saturated carbocycles. The lowest BCUT2D eigenvalue weighted by Gasteiger charge is -2.18. The van der Waals surface area contributed by atoms with Crippen LogP contribution < -0.4 is 15.0 Å². The van der Waals surface area contributed by atoms with Crippen molar-refractivity contribution in [3.63, 3.8) is 0 Å². The molecular weight excluding hydrogens is 322 g/mol. The van der Waals surface area contributed by atoms with Gasteiger partial charge in [0.2, 0.25) is 5.88 Å². The molecule has 3 heterocycles. The van der Waals surface area contributed by atoms with Crippen molar-refractivity contribution in [2.24, 2.45) is 7.05 Å². The molecule has 7 nitrogen and oxygen atoms in total. The van der Waals surface area contributed by atoms with Crippen LogP contribution in [0.4, 0.5) is 0 Å². The van der Waals surface area contributed by atoms with Crippen molar-refractivity contribution in [1.82, 2.24) is 14.5 Å². The van der Waals surface area contributed by atoms with Crippen molar-refractivity contribution in [2.45, 2.75) is 19.4 Å². The van der Waals surface area contributed by atoms with Gasteiger partial charge >= 0.3 is 0 Å². The van der Waals surface area contributed by atoms with E-state index >= 15 is 0 Å². The molecule has 2 aromatic rings. The molecular formula is C18H21N3O4. The number of methoxy groups -OCH3 is 1. The Bertz CT molecular complexity index is 846. The monoisotopic (exact) mass is 343 g/mol.